The molecule has 0 radical (unpaired) electrons. The fourth-order valence-electron chi connectivity index (χ4n) is 1.82. The van der Waals surface area contributed by atoms with E-state index < -0.39 is 0 Å². The molecule has 0 unspecified atom stereocenters. The number of hydrogen-bond acceptors (Lipinski definition) is 3. The normalized spacial score (nSPS) is 10.1. The van der Waals surface area contributed by atoms with Gasteiger partial charge in [0.25, 0.3) is 5.91 Å². The highest BCUT2D eigenvalue weighted by Crippen LogP contribution is 2.13. The summed E-state index contributed by atoms with van der Waals surface area (Å²) in [5.41, 5.74) is 1.89. The summed E-state index contributed by atoms with van der Waals surface area (Å²) in [4.78, 5) is 11.7. The van der Waals surface area contributed by atoms with Crippen LogP contribution in [0.3, 0.4) is 0 Å². The van der Waals surface area contributed by atoms with E-state index in [0.717, 1.165) is 17.8 Å². The summed E-state index contributed by atoms with van der Waals surface area (Å²) in [5.74, 6) is 0.524. The van der Waals surface area contributed by atoms with Gasteiger partial charge in [0, 0.05) is 12.2 Å². The molecule has 0 fully saturated rings. The van der Waals surface area contributed by atoms with E-state index in [2.05, 4.69) is 10.6 Å². The van der Waals surface area contributed by atoms with Crippen LogP contribution in [0.2, 0.25) is 0 Å². The van der Waals surface area contributed by atoms with Gasteiger partial charge in [0.15, 0.2) is 6.61 Å². The summed E-state index contributed by atoms with van der Waals surface area (Å²) in [6.07, 6.45) is 0. The molecule has 0 aliphatic heterocycles. The fraction of sp³-hybridized carbons (Fsp3) is 0.188. The Morgan fingerprint density at radius 1 is 1.10 bits per heavy atom. The van der Waals surface area contributed by atoms with Crippen molar-refractivity contribution < 1.29 is 9.53 Å². The van der Waals surface area contributed by atoms with Crippen molar-refractivity contribution in [2.75, 3.05) is 19.0 Å². The maximum atomic E-state index is 11.7. The maximum Gasteiger partial charge on any atom is 0.262 e. The minimum absolute atomic E-state index is 0.00208. The Hall–Kier alpha value is -2.33. The van der Waals surface area contributed by atoms with Gasteiger partial charge in [-0.2, -0.15) is 0 Å². The van der Waals surface area contributed by atoms with Crippen LogP contribution in [-0.2, 0) is 11.3 Å². The van der Waals surface area contributed by atoms with Crippen molar-refractivity contribution in [3.05, 3.63) is 60.2 Å². The molecule has 104 valence electrons. The highest BCUT2D eigenvalue weighted by atomic mass is 16.5. The summed E-state index contributed by atoms with van der Waals surface area (Å²) >= 11 is 0. The van der Waals surface area contributed by atoms with Crippen LogP contribution in [0, 0.1) is 0 Å². The molecular formula is C16H18N2O2. The van der Waals surface area contributed by atoms with E-state index in [4.69, 9.17) is 4.74 Å². The summed E-state index contributed by atoms with van der Waals surface area (Å²) in [5, 5.41) is 5.85. The van der Waals surface area contributed by atoms with Gasteiger partial charge in [-0.25, -0.2) is 0 Å². The molecule has 2 N–H and O–H groups in total. The minimum atomic E-state index is -0.171. The molecule has 2 aromatic rings. The molecule has 0 aromatic heterocycles. The first kappa shape index (κ1) is 14.1. The van der Waals surface area contributed by atoms with Crippen molar-refractivity contribution >= 4 is 11.6 Å². The summed E-state index contributed by atoms with van der Waals surface area (Å²) in [7, 11) is 1.89. The third kappa shape index (κ3) is 4.40. The van der Waals surface area contributed by atoms with Gasteiger partial charge in [0.05, 0.1) is 0 Å². The zero-order valence-electron chi connectivity index (χ0n) is 11.4. The van der Waals surface area contributed by atoms with Crippen molar-refractivity contribution in [2.24, 2.45) is 0 Å². The summed E-state index contributed by atoms with van der Waals surface area (Å²) in [6.45, 7) is 0.769. The standard InChI is InChI=1S/C16H18N2O2/c1-17-11-13-6-5-9-15(10-13)20-12-16(19)18-14-7-3-2-4-8-14/h2-10,17H,11-12H2,1H3,(H,18,19). The molecule has 0 bridgehead atoms. The molecule has 0 aliphatic carbocycles. The van der Waals surface area contributed by atoms with Crippen molar-refractivity contribution in [1.29, 1.82) is 0 Å². The Morgan fingerprint density at radius 2 is 1.90 bits per heavy atom. The van der Waals surface area contributed by atoms with Crippen molar-refractivity contribution in [3.8, 4) is 5.75 Å². The SMILES string of the molecule is CNCc1cccc(OCC(=O)Nc2ccccc2)c1. The minimum Gasteiger partial charge on any atom is -0.484 e. The van der Waals surface area contributed by atoms with Gasteiger partial charge in [-0.05, 0) is 36.9 Å². The molecule has 4 nitrogen and oxygen atoms in total. The quantitative estimate of drug-likeness (QED) is 0.847. The predicted octanol–water partition coefficient (Wildman–Crippen LogP) is 2.42. The molecule has 0 saturated heterocycles. The van der Waals surface area contributed by atoms with E-state index in [1.807, 2.05) is 61.6 Å². The van der Waals surface area contributed by atoms with E-state index in [9.17, 15) is 4.79 Å². The lowest BCUT2D eigenvalue weighted by Gasteiger charge is -2.08. The number of carbonyl (C=O) groups is 1. The molecule has 20 heavy (non-hydrogen) atoms. The molecule has 0 saturated carbocycles. The number of nitrogens with one attached hydrogen (secondary N) is 2. The van der Waals surface area contributed by atoms with Gasteiger partial charge >= 0.3 is 0 Å². The zero-order chi connectivity index (χ0) is 14.2. The molecule has 0 heterocycles. The Balaban J connectivity index is 1.85. The average Bonchev–Trinajstić information content (AvgIpc) is 2.47. The molecule has 2 aromatic carbocycles. The van der Waals surface area contributed by atoms with Crippen LogP contribution in [0.15, 0.2) is 54.6 Å². The van der Waals surface area contributed by atoms with Gasteiger partial charge in [0.2, 0.25) is 0 Å². The van der Waals surface area contributed by atoms with Gasteiger partial charge in [-0.3, -0.25) is 4.79 Å². The number of benzene rings is 2. The molecule has 0 aliphatic rings. The number of carbonyl (C=O) groups excluding carboxylic acids is 1. The van der Waals surface area contributed by atoms with E-state index in [1.165, 1.54) is 0 Å². The number of para-hydroxylation sites is 1. The average molecular weight is 270 g/mol. The summed E-state index contributed by atoms with van der Waals surface area (Å²) in [6, 6.07) is 17.0. The van der Waals surface area contributed by atoms with Gasteiger partial charge in [-0.1, -0.05) is 30.3 Å². The molecule has 2 rings (SSSR count). The second-order valence-electron chi connectivity index (χ2n) is 4.38. The van der Waals surface area contributed by atoms with Gasteiger partial charge < -0.3 is 15.4 Å². The molecule has 1 amide bonds. The highest BCUT2D eigenvalue weighted by Gasteiger charge is 2.03. The van der Waals surface area contributed by atoms with Crippen LogP contribution < -0.4 is 15.4 Å². The number of hydrogen-bond donors (Lipinski definition) is 2. The van der Waals surface area contributed by atoms with Crippen LogP contribution in [0.25, 0.3) is 0 Å². The highest BCUT2D eigenvalue weighted by molar-refractivity contribution is 5.91. The van der Waals surface area contributed by atoms with E-state index in [-0.39, 0.29) is 12.5 Å². The van der Waals surface area contributed by atoms with Crippen molar-refractivity contribution in [3.63, 3.8) is 0 Å². The molecule has 4 heteroatoms. The zero-order valence-corrected chi connectivity index (χ0v) is 11.4. The first-order valence-electron chi connectivity index (χ1n) is 6.49. The van der Waals surface area contributed by atoms with E-state index in [1.54, 1.807) is 0 Å². The Labute approximate surface area is 118 Å². The van der Waals surface area contributed by atoms with Gasteiger partial charge in [-0.15, -0.1) is 0 Å². The summed E-state index contributed by atoms with van der Waals surface area (Å²) < 4.78 is 5.49. The van der Waals surface area contributed by atoms with Crippen LogP contribution in [0.5, 0.6) is 5.75 Å². The lowest BCUT2D eigenvalue weighted by molar-refractivity contribution is -0.118. The van der Waals surface area contributed by atoms with Crippen LogP contribution in [0.1, 0.15) is 5.56 Å². The number of anilines is 1. The van der Waals surface area contributed by atoms with Gasteiger partial charge in [0.1, 0.15) is 5.75 Å². The van der Waals surface area contributed by atoms with E-state index >= 15 is 0 Å². The third-order valence-corrected chi connectivity index (χ3v) is 2.71. The second-order valence-corrected chi connectivity index (χ2v) is 4.38. The Morgan fingerprint density at radius 3 is 2.65 bits per heavy atom. The monoisotopic (exact) mass is 270 g/mol. The van der Waals surface area contributed by atoms with Crippen molar-refractivity contribution in [1.82, 2.24) is 5.32 Å². The van der Waals surface area contributed by atoms with E-state index in [0.29, 0.717) is 5.75 Å². The number of rotatable bonds is 6. The van der Waals surface area contributed by atoms with Crippen LogP contribution >= 0.6 is 0 Å². The Bertz CT molecular complexity index is 555. The first-order chi connectivity index (χ1) is 9.78. The lowest BCUT2D eigenvalue weighted by atomic mass is 10.2. The van der Waals surface area contributed by atoms with Crippen LogP contribution in [-0.4, -0.2) is 19.6 Å². The largest absolute Gasteiger partial charge is 0.484 e. The topological polar surface area (TPSA) is 50.4 Å². The molecule has 0 spiro atoms. The second kappa shape index (κ2) is 7.31. The molecular weight excluding hydrogens is 252 g/mol. The third-order valence-electron chi connectivity index (χ3n) is 2.71. The predicted molar refractivity (Wildman–Crippen MR) is 79.8 cm³/mol. The van der Waals surface area contributed by atoms with Crippen molar-refractivity contribution in [2.45, 2.75) is 6.54 Å². The smallest absolute Gasteiger partial charge is 0.262 e. The fourth-order valence-corrected chi connectivity index (χ4v) is 1.82. The number of amides is 1. The first-order valence-corrected chi connectivity index (χ1v) is 6.49. The van der Waals surface area contributed by atoms with Crippen LogP contribution in [0.4, 0.5) is 5.69 Å². The Kier molecular flexibility index (Phi) is 5.15. The molecule has 0 atom stereocenters. The maximum absolute atomic E-state index is 11.7. The lowest BCUT2D eigenvalue weighted by Crippen LogP contribution is -2.20. The number of ether oxygens (including phenoxy) is 1.